The Labute approximate surface area is 236 Å². The zero-order chi connectivity index (χ0) is 28.1. The Kier molecular flexibility index (Phi) is 8.46. The number of benzene rings is 3. The van der Waals surface area contributed by atoms with Crippen LogP contribution in [0.1, 0.15) is 53.9 Å². The second-order valence-electron chi connectivity index (χ2n) is 10.7. The molecule has 6 nitrogen and oxygen atoms in total. The first kappa shape index (κ1) is 27.8. The molecule has 0 amide bonds. The molecular formula is C33H34O6S. The van der Waals surface area contributed by atoms with Gasteiger partial charge in [-0.2, -0.15) is 0 Å². The molecule has 0 unspecified atom stereocenters. The minimum Gasteiger partial charge on any atom is -0.493 e. The smallest absolute Gasteiger partial charge is 0.304 e. The summed E-state index contributed by atoms with van der Waals surface area (Å²) >= 11 is 0. The van der Waals surface area contributed by atoms with E-state index in [1.807, 2.05) is 30.3 Å². The number of aryl methyl sites for hydroxylation is 2. The fourth-order valence-corrected chi connectivity index (χ4v) is 7.10. The summed E-state index contributed by atoms with van der Waals surface area (Å²) in [6.07, 6.45) is 9.80. The van der Waals surface area contributed by atoms with E-state index in [1.165, 1.54) is 22.3 Å². The zero-order valence-corrected chi connectivity index (χ0v) is 23.3. The maximum Gasteiger partial charge on any atom is 0.304 e. The van der Waals surface area contributed by atoms with Gasteiger partial charge in [-0.1, -0.05) is 36.3 Å². The van der Waals surface area contributed by atoms with Gasteiger partial charge >= 0.3 is 5.97 Å². The fourth-order valence-electron chi connectivity index (χ4n) is 5.51. The third-order valence-electron chi connectivity index (χ3n) is 7.86. The number of fused-ring (bicyclic) bond motifs is 3. The van der Waals surface area contributed by atoms with Crippen molar-refractivity contribution in [1.82, 2.24) is 0 Å². The third-order valence-corrected chi connectivity index (χ3v) is 9.58. The van der Waals surface area contributed by atoms with E-state index in [0.717, 1.165) is 36.1 Å². The van der Waals surface area contributed by atoms with Crippen LogP contribution in [0.5, 0.6) is 11.5 Å². The van der Waals surface area contributed by atoms with E-state index in [1.54, 1.807) is 0 Å². The van der Waals surface area contributed by atoms with Gasteiger partial charge in [-0.3, -0.25) is 4.79 Å². The van der Waals surface area contributed by atoms with E-state index >= 15 is 0 Å². The third kappa shape index (κ3) is 6.86. The van der Waals surface area contributed by atoms with Crippen molar-refractivity contribution in [2.45, 2.75) is 51.0 Å². The molecular weight excluding hydrogens is 524 g/mol. The summed E-state index contributed by atoms with van der Waals surface area (Å²) < 4.78 is 35.6. The predicted octanol–water partition coefficient (Wildman–Crippen LogP) is 5.82. The number of rotatable bonds is 9. The van der Waals surface area contributed by atoms with Crippen LogP contribution >= 0.6 is 0 Å². The second kappa shape index (κ2) is 12.2. The molecule has 0 bridgehead atoms. The van der Waals surface area contributed by atoms with E-state index in [4.69, 9.17) is 21.0 Å². The van der Waals surface area contributed by atoms with Crippen molar-refractivity contribution < 1.29 is 27.8 Å². The standard InChI is InChI=1S/C33H34O6S/c1-2-25(20-33(34)35)26-8-10-29(11-9-26)38-22-24-6-7-27-4-3-5-28-19-30(12-13-31(28)32(27)18-24)39-21-23-14-16-40(36,37)17-15-23/h1,6-13,18-19,23,25H,3-5,14-17,20-22H2,(H,34,35)/t25-/m0/s1. The van der Waals surface area contributed by atoms with Crippen LogP contribution in [-0.2, 0) is 34.1 Å². The molecule has 0 aromatic heterocycles. The molecule has 0 saturated carbocycles. The highest BCUT2D eigenvalue weighted by Gasteiger charge is 2.24. The highest BCUT2D eigenvalue weighted by molar-refractivity contribution is 7.91. The molecule has 40 heavy (non-hydrogen) atoms. The van der Waals surface area contributed by atoms with Crippen molar-refractivity contribution in [2.24, 2.45) is 5.92 Å². The van der Waals surface area contributed by atoms with E-state index in [-0.39, 0.29) is 23.8 Å². The molecule has 2 aliphatic rings. The van der Waals surface area contributed by atoms with Gasteiger partial charge in [0.15, 0.2) is 0 Å². The molecule has 208 valence electrons. The van der Waals surface area contributed by atoms with Crippen molar-refractivity contribution in [2.75, 3.05) is 18.1 Å². The van der Waals surface area contributed by atoms with Crippen molar-refractivity contribution in [3.8, 4) is 35.0 Å². The van der Waals surface area contributed by atoms with Crippen LogP contribution in [0.25, 0.3) is 11.1 Å². The van der Waals surface area contributed by atoms with Crippen molar-refractivity contribution in [3.05, 3.63) is 82.9 Å². The van der Waals surface area contributed by atoms with Gasteiger partial charge in [0.25, 0.3) is 0 Å². The molecule has 1 heterocycles. The first-order valence-electron chi connectivity index (χ1n) is 13.8. The van der Waals surface area contributed by atoms with Crippen LogP contribution in [0.4, 0.5) is 0 Å². The Balaban J connectivity index is 1.25. The number of hydrogen-bond acceptors (Lipinski definition) is 5. The molecule has 1 N–H and O–H groups in total. The molecule has 1 fully saturated rings. The number of carboxylic acids is 1. The first-order valence-corrected chi connectivity index (χ1v) is 15.6. The van der Waals surface area contributed by atoms with Gasteiger partial charge in [-0.05, 0) is 102 Å². The lowest BCUT2D eigenvalue weighted by Crippen LogP contribution is -2.26. The van der Waals surface area contributed by atoms with Crippen LogP contribution in [0, 0.1) is 18.3 Å². The van der Waals surface area contributed by atoms with E-state index in [2.05, 4.69) is 36.3 Å². The molecule has 1 aliphatic carbocycles. The van der Waals surface area contributed by atoms with Gasteiger partial charge < -0.3 is 14.6 Å². The molecule has 1 atom stereocenters. The largest absolute Gasteiger partial charge is 0.493 e. The number of ether oxygens (including phenoxy) is 2. The lowest BCUT2D eigenvalue weighted by atomic mass is 9.95. The number of aliphatic carboxylic acids is 1. The Morgan fingerprint density at radius 2 is 1.65 bits per heavy atom. The SMILES string of the molecule is C#C[C@@H](CC(=O)O)c1ccc(OCc2ccc3c(c2)-c2ccc(OCC4CCS(=O)(=O)CC4)cc2CCC3)cc1. The van der Waals surface area contributed by atoms with Crippen molar-refractivity contribution in [1.29, 1.82) is 0 Å². The zero-order valence-electron chi connectivity index (χ0n) is 22.5. The fraction of sp³-hybridized carbons (Fsp3) is 0.364. The van der Waals surface area contributed by atoms with Gasteiger partial charge in [0, 0.05) is 0 Å². The number of carbonyl (C=O) groups is 1. The second-order valence-corrected chi connectivity index (χ2v) is 13.0. The number of terminal acetylenes is 1. The Hall–Kier alpha value is -3.76. The highest BCUT2D eigenvalue weighted by atomic mass is 32.2. The molecule has 0 radical (unpaired) electrons. The topological polar surface area (TPSA) is 89.9 Å². The Morgan fingerprint density at radius 3 is 2.38 bits per heavy atom. The molecule has 7 heteroatoms. The van der Waals surface area contributed by atoms with Gasteiger partial charge in [0.05, 0.1) is 30.5 Å². The van der Waals surface area contributed by atoms with Crippen LogP contribution in [-0.4, -0.2) is 37.6 Å². The quantitative estimate of drug-likeness (QED) is 0.333. The summed E-state index contributed by atoms with van der Waals surface area (Å²) in [6, 6.07) is 20.1. The minimum atomic E-state index is -2.87. The van der Waals surface area contributed by atoms with E-state index in [9.17, 15) is 13.2 Å². The highest BCUT2D eigenvalue weighted by Crippen LogP contribution is 2.36. The predicted molar refractivity (Wildman–Crippen MR) is 155 cm³/mol. The molecule has 5 rings (SSSR count). The number of hydrogen-bond donors (Lipinski definition) is 1. The average molecular weight is 559 g/mol. The summed E-state index contributed by atoms with van der Waals surface area (Å²) in [5, 5.41) is 9.06. The molecule has 3 aromatic carbocycles. The molecule has 1 aliphatic heterocycles. The maximum atomic E-state index is 11.7. The lowest BCUT2D eigenvalue weighted by molar-refractivity contribution is -0.137. The summed E-state index contributed by atoms with van der Waals surface area (Å²) in [4.78, 5) is 11.0. The van der Waals surface area contributed by atoms with Crippen molar-refractivity contribution >= 4 is 15.8 Å². The number of sulfone groups is 1. The molecule has 0 spiro atoms. The van der Waals surface area contributed by atoms with Crippen LogP contribution in [0.3, 0.4) is 0 Å². The van der Waals surface area contributed by atoms with Crippen LogP contribution in [0.2, 0.25) is 0 Å². The Morgan fingerprint density at radius 1 is 0.925 bits per heavy atom. The summed E-state index contributed by atoms with van der Waals surface area (Å²) in [5.41, 5.74) is 6.87. The first-order chi connectivity index (χ1) is 19.3. The molecule has 3 aromatic rings. The summed E-state index contributed by atoms with van der Waals surface area (Å²) in [5.74, 6) is 3.51. The minimum absolute atomic E-state index is 0.103. The van der Waals surface area contributed by atoms with E-state index < -0.39 is 21.7 Å². The van der Waals surface area contributed by atoms with Gasteiger partial charge in [-0.25, -0.2) is 8.42 Å². The monoisotopic (exact) mass is 558 g/mol. The van der Waals surface area contributed by atoms with Gasteiger partial charge in [0.2, 0.25) is 0 Å². The Bertz CT molecular complexity index is 1500. The van der Waals surface area contributed by atoms with E-state index in [0.29, 0.717) is 31.8 Å². The van der Waals surface area contributed by atoms with Crippen LogP contribution in [0.15, 0.2) is 60.7 Å². The van der Waals surface area contributed by atoms with Crippen molar-refractivity contribution in [3.63, 3.8) is 0 Å². The molecule has 1 saturated heterocycles. The van der Waals surface area contributed by atoms with Gasteiger partial charge in [-0.15, -0.1) is 6.42 Å². The number of carboxylic acid groups (broad SMARTS) is 1. The maximum absolute atomic E-state index is 11.7. The summed E-state index contributed by atoms with van der Waals surface area (Å²) in [6.45, 7) is 0.963. The lowest BCUT2D eigenvalue weighted by Gasteiger charge is -2.22. The van der Waals surface area contributed by atoms with Gasteiger partial charge in [0.1, 0.15) is 27.9 Å². The normalized spacial score (nSPS) is 17.0. The average Bonchev–Trinajstić information content (AvgIpc) is 3.13. The summed E-state index contributed by atoms with van der Waals surface area (Å²) in [7, 11) is -2.87. The van der Waals surface area contributed by atoms with Crippen LogP contribution < -0.4 is 9.47 Å².